The van der Waals surface area contributed by atoms with Crippen molar-refractivity contribution in [3.05, 3.63) is 90.1 Å². The fourth-order valence-electron chi connectivity index (χ4n) is 3.71. The second kappa shape index (κ2) is 9.89. The first-order valence-electron chi connectivity index (χ1n) is 10.6. The van der Waals surface area contributed by atoms with Gasteiger partial charge in [0, 0.05) is 25.1 Å². The first-order valence-corrected chi connectivity index (χ1v) is 10.6. The van der Waals surface area contributed by atoms with E-state index in [2.05, 4.69) is 20.5 Å². The molecule has 0 radical (unpaired) electrons. The lowest BCUT2D eigenvalue weighted by Gasteiger charge is -2.20. The van der Waals surface area contributed by atoms with Crippen molar-refractivity contribution < 1.29 is 9.59 Å². The lowest BCUT2D eigenvalue weighted by Crippen LogP contribution is -2.45. The van der Waals surface area contributed by atoms with E-state index in [0.717, 1.165) is 24.5 Å². The van der Waals surface area contributed by atoms with Crippen molar-refractivity contribution in [3.8, 4) is 0 Å². The largest absolute Gasteiger partial charge is 0.357 e. The molecule has 3 aromatic rings. The van der Waals surface area contributed by atoms with Gasteiger partial charge in [-0.1, -0.05) is 48.5 Å². The third kappa shape index (κ3) is 5.48. The zero-order chi connectivity index (χ0) is 21.5. The minimum atomic E-state index is -0.714. The van der Waals surface area contributed by atoms with Gasteiger partial charge in [-0.25, -0.2) is 4.98 Å². The van der Waals surface area contributed by atoms with Gasteiger partial charge in [0.25, 0.3) is 5.91 Å². The number of rotatable bonds is 7. The quantitative estimate of drug-likeness (QED) is 0.619. The number of carbonyl (C=O) groups is 2. The molecule has 1 aliphatic heterocycles. The summed E-state index contributed by atoms with van der Waals surface area (Å²) in [6, 6.07) is 21.6. The fourth-order valence-corrected chi connectivity index (χ4v) is 3.71. The summed E-state index contributed by atoms with van der Waals surface area (Å²) < 4.78 is 0. The van der Waals surface area contributed by atoms with E-state index in [1.807, 2.05) is 48.5 Å². The standard InChI is InChI=1S/C25H26N4O2/c30-24(20-11-5-2-6-12-20)28-22(17-19-9-3-1-4-10-19)25(31)27-21-13-14-23(26-18-21)29-15-7-8-16-29/h1-6,9-14,18,22H,7-8,15-17H2,(H,27,31)(H,28,30). The number of benzene rings is 2. The van der Waals surface area contributed by atoms with E-state index in [1.54, 1.807) is 30.5 Å². The summed E-state index contributed by atoms with van der Waals surface area (Å²) in [5.74, 6) is 0.372. The Labute approximate surface area is 182 Å². The lowest BCUT2D eigenvalue weighted by molar-refractivity contribution is -0.118. The van der Waals surface area contributed by atoms with Crippen LogP contribution in [-0.2, 0) is 11.2 Å². The summed E-state index contributed by atoms with van der Waals surface area (Å²) in [7, 11) is 0. The molecule has 1 unspecified atom stereocenters. The van der Waals surface area contributed by atoms with Gasteiger partial charge in [-0.15, -0.1) is 0 Å². The monoisotopic (exact) mass is 414 g/mol. The number of anilines is 2. The van der Waals surface area contributed by atoms with Crippen molar-refractivity contribution in [2.75, 3.05) is 23.3 Å². The number of carbonyl (C=O) groups excluding carboxylic acids is 2. The van der Waals surface area contributed by atoms with Gasteiger partial charge in [0.2, 0.25) is 5.91 Å². The van der Waals surface area contributed by atoms with Gasteiger partial charge in [0.1, 0.15) is 11.9 Å². The van der Waals surface area contributed by atoms with Crippen molar-refractivity contribution in [3.63, 3.8) is 0 Å². The number of aromatic nitrogens is 1. The molecule has 0 saturated carbocycles. The molecule has 6 nitrogen and oxygen atoms in total. The van der Waals surface area contributed by atoms with Gasteiger partial charge in [0.05, 0.1) is 11.9 Å². The molecule has 4 rings (SSSR count). The number of hydrogen-bond acceptors (Lipinski definition) is 4. The highest BCUT2D eigenvalue weighted by atomic mass is 16.2. The van der Waals surface area contributed by atoms with Gasteiger partial charge in [0.15, 0.2) is 0 Å². The minimum absolute atomic E-state index is 0.274. The van der Waals surface area contributed by atoms with E-state index >= 15 is 0 Å². The summed E-state index contributed by atoms with van der Waals surface area (Å²) in [5, 5.41) is 5.78. The second-order valence-corrected chi connectivity index (χ2v) is 7.67. The van der Waals surface area contributed by atoms with Crippen LogP contribution in [0.15, 0.2) is 79.0 Å². The molecule has 2 N–H and O–H groups in total. The lowest BCUT2D eigenvalue weighted by atomic mass is 10.0. The topological polar surface area (TPSA) is 74.3 Å². The highest BCUT2D eigenvalue weighted by Gasteiger charge is 2.22. The van der Waals surface area contributed by atoms with Crippen LogP contribution in [0.4, 0.5) is 11.5 Å². The molecule has 1 fully saturated rings. The van der Waals surface area contributed by atoms with E-state index in [9.17, 15) is 9.59 Å². The zero-order valence-electron chi connectivity index (χ0n) is 17.3. The smallest absolute Gasteiger partial charge is 0.251 e. The maximum atomic E-state index is 13.1. The number of hydrogen-bond donors (Lipinski definition) is 2. The van der Waals surface area contributed by atoms with Crippen LogP contribution in [0.1, 0.15) is 28.8 Å². The molecule has 31 heavy (non-hydrogen) atoms. The molecule has 2 amide bonds. The van der Waals surface area contributed by atoms with Crippen LogP contribution in [0, 0.1) is 0 Å². The average molecular weight is 415 g/mol. The number of nitrogens with one attached hydrogen (secondary N) is 2. The van der Waals surface area contributed by atoms with E-state index in [1.165, 1.54) is 12.8 Å². The fraction of sp³-hybridized carbons (Fsp3) is 0.240. The predicted octanol–water partition coefficient (Wildman–Crippen LogP) is 3.66. The summed E-state index contributed by atoms with van der Waals surface area (Å²) in [5.41, 5.74) is 2.10. The summed E-state index contributed by atoms with van der Waals surface area (Å²) in [6.45, 7) is 2.03. The van der Waals surface area contributed by atoms with Gasteiger partial charge in [-0.3, -0.25) is 9.59 Å². The van der Waals surface area contributed by atoms with Crippen LogP contribution < -0.4 is 15.5 Å². The van der Waals surface area contributed by atoms with E-state index in [0.29, 0.717) is 17.7 Å². The average Bonchev–Trinajstić information content (AvgIpc) is 3.35. The Morgan fingerprint density at radius 1 is 0.903 bits per heavy atom. The zero-order valence-corrected chi connectivity index (χ0v) is 17.3. The van der Waals surface area contributed by atoms with E-state index < -0.39 is 6.04 Å². The van der Waals surface area contributed by atoms with Gasteiger partial charge in [-0.2, -0.15) is 0 Å². The highest BCUT2D eigenvalue weighted by Crippen LogP contribution is 2.19. The molecule has 0 aliphatic carbocycles. The van der Waals surface area contributed by atoms with Crippen LogP contribution in [0.2, 0.25) is 0 Å². The van der Waals surface area contributed by atoms with E-state index in [-0.39, 0.29) is 11.8 Å². The molecular weight excluding hydrogens is 388 g/mol. The Balaban J connectivity index is 1.47. The van der Waals surface area contributed by atoms with Crippen molar-refractivity contribution >= 4 is 23.3 Å². The van der Waals surface area contributed by atoms with E-state index in [4.69, 9.17) is 0 Å². The van der Waals surface area contributed by atoms with Gasteiger partial charge >= 0.3 is 0 Å². The molecule has 1 aliphatic rings. The third-order valence-corrected chi connectivity index (χ3v) is 5.39. The number of nitrogens with zero attached hydrogens (tertiary/aromatic N) is 2. The van der Waals surface area contributed by atoms with Crippen LogP contribution >= 0.6 is 0 Å². The maximum absolute atomic E-state index is 13.1. The molecule has 1 saturated heterocycles. The molecule has 2 aromatic carbocycles. The Morgan fingerprint density at radius 2 is 1.58 bits per heavy atom. The Hall–Kier alpha value is -3.67. The summed E-state index contributed by atoms with van der Waals surface area (Å²) >= 11 is 0. The Kier molecular flexibility index (Phi) is 6.57. The van der Waals surface area contributed by atoms with Crippen LogP contribution in [0.3, 0.4) is 0 Å². The predicted molar refractivity (Wildman–Crippen MR) is 122 cm³/mol. The molecular formula is C25H26N4O2. The summed E-state index contributed by atoms with van der Waals surface area (Å²) in [4.78, 5) is 32.5. The van der Waals surface area contributed by atoms with Crippen molar-refractivity contribution in [1.29, 1.82) is 0 Å². The maximum Gasteiger partial charge on any atom is 0.251 e. The number of amides is 2. The third-order valence-electron chi connectivity index (χ3n) is 5.39. The van der Waals surface area contributed by atoms with Gasteiger partial charge in [-0.05, 0) is 42.7 Å². The van der Waals surface area contributed by atoms with Crippen LogP contribution in [-0.4, -0.2) is 35.9 Å². The summed E-state index contributed by atoms with van der Waals surface area (Å²) in [6.07, 6.45) is 4.43. The number of pyridine rings is 1. The molecule has 0 bridgehead atoms. The minimum Gasteiger partial charge on any atom is -0.357 e. The highest BCUT2D eigenvalue weighted by molar-refractivity contribution is 6.01. The molecule has 1 atom stereocenters. The Morgan fingerprint density at radius 3 is 2.23 bits per heavy atom. The van der Waals surface area contributed by atoms with Crippen LogP contribution in [0.25, 0.3) is 0 Å². The second-order valence-electron chi connectivity index (χ2n) is 7.67. The molecule has 1 aromatic heterocycles. The van der Waals surface area contributed by atoms with Gasteiger partial charge < -0.3 is 15.5 Å². The molecule has 0 spiro atoms. The normalized spacial score (nSPS) is 14.1. The molecule has 158 valence electrons. The van der Waals surface area contributed by atoms with Crippen molar-refractivity contribution in [1.82, 2.24) is 10.3 Å². The SMILES string of the molecule is O=C(NC(Cc1ccccc1)C(=O)Nc1ccc(N2CCCC2)nc1)c1ccccc1. The van der Waals surface area contributed by atoms with Crippen molar-refractivity contribution in [2.24, 2.45) is 0 Å². The van der Waals surface area contributed by atoms with Crippen LogP contribution in [0.5, 0.6) is 0 Å². The molecule has 2 heterocycles. The molecule has 6 heteroatoms. The van der Waals surface area contributed by atoms with Crippen molar-refractivity contribution in [2.45, 2.75) is 25.3 Å². The Bertz CT molecular complexity index is 1000. The first kappa shape index (κ1) is 20.6. The first-order chi connectivity index (χ1) is 15.2.